The Balaban J connectivity index is 2.95. The van der Waals surface area contributed by atoms with Crippen molar-refractivity contribution in [1.29, 1.82) is 0 Å². The molecule has 0 spiro atoms. The summed E-state index contributed by atoms with van der Waals surface area (Å²) < 4.78 is 9.92. The van der Waals surface area contributed by atoms with Crippen LogP contribution in [0.2, 0.25) is 0 Å². The molecule has 0 aliphatic heterocycles. The molecule has 0 N–H and O–H groups in total. The highest BCUT2D eigenvalue weighted by molar-refractivity contribution is 5.89. The van der Waals surface area contributed by atoms with Crippen molar-refractivity contribution < 1.29 is 19.1 Å². The largest absolute Gasteiger partial charge is 0.463 e. The zero-order valence-electron chi connectivity index (χ0n) is 10.4. The number of ether oxygens (including phenoxy) is 2. The van der Waals surface area contributed by atoms with E-state index in [1.165, 1.54) is 13.1 Å². The molecule has 1 atom stereocenters. The van der Waals surface area contributed by atoms with E-state index in [0.29, 0.717) is 5.56 Å². The van der Waals surface area contributed by atoms with Crippen LogP contribution >= 0.6 is 0 Å². The van der Waals surface area contributed by atoms with Gasteiger partial charge in [-0.3, -0.25) is 9.78 Å². The highest BCUT2D eigenvalue weighted by Gasteiger charge is 2.24. The lowest BCUT2D eigenvalue weighted by atomic mass is 10.0. The van der Waals surface area contributed by atoms with Gasteiger partial charge in [0.15, 0.2) is 6.10 Å². The van der Waals surface area contributed by atoms with Crippen molar-refractivity contribution in [3.63, 3.8) is 0 Å². The molecule has 0 saturated carbocycles. The van der Waals surface area contributed by atoms with Gasteiger partial charge in [0.1, 0.15) is 0 Å². The van der Waals surface area contributed by atoms with Crippen LogP contribution in [0.15, 0.2) is 36.7 Å². The summed E-state index contributed by atoms with van der Waals surface area (Å²) in [6.45, 7) is 6.81. The van der Waals surface area contributed by atoms with Crippen LogP contribution in [-0.4, -0.2) is 23.5 Å². The Morgan fingerprint density at radius 1 is 1.50 bits per heavy atom. The summed E-state index contributed by atoms with van der Waals surface area (Å²) in [4.78, 5) is 26.6. The number of esters is 2. The summed E-state index contributed by atoms with van der Waals surface area (Å²) in [5, 5.41) is 0. The van der Waals surface area contributed by atoms with Gasteiger partial charge in [0.25, 0.3) is 0 Å². The third kappa shape index (κ3) is 3.69. The van der Waals surface area contributed by atoms with Gasteiger partial charge in [-0.1, -0.05) is 12.6 Å². The number of hydrogen-bond donors (Lipinski definition) is 0. The third-order valence-electron chi connectivity index (χ3n) is 2.13. The molecule has 0 aromatic carbocycles. The Labute approximate surface area is 105 Å². The van der Waals surface area contributed by atoms with Crippen LogP contribution in [0.1, 0.15) is 25.5 Å². The third-order valence-corrected chi connectivity index (χ3v) is 2.13. The Morgan fingerprint density at radius 2 is 2.22 bits per heavy atom. The van der Waals surface area contributed by atoms with E-state index in [1.807, 2.05) is 0 Å². The average Bonchev–Trinajstić information content (AvgIpc) is 2.36. The van der Waals surface area contributed by atoms with Crippen LogP contribution in [0.3, 0.4) is 0 Å². The summed E-state index contributed by atoms with van der Waals surface area (Å²) in [6.07, 6.45) is 2.23. The maximum atomic E-state index is 11.6. The van der Waals surface area contributed by atoms with Gasteiger partial charge in [0, 0.05) is 24.9 Å². The summed E-state index contributed by atoms with van der Waals surface area (Å²) in [6, 6.07) is 3.38. The Kier molecular flexibility index (Phi) is 5.05. The van der Waals surface area contributed by atoms with Crippen molar-refractivity contribution in [1.82, 2.24) is 4.98 Å². The van der Waals surface area contributed by atoms with Crippen molar-refractivity contribution in [2.75, 3.05) is 6.61 Å². The molecule has 0 fully saturated rings. The number of carbonyl (C=O) groups is 2. The van der Waals surface area contributed by atoms with Crippen LogP contribution in [0.25, 0.3) is 0 Å². The molecule has 0 aliphatic carbocycles. The molecule has 0 bridgehead atoms. The van der Waals surface area contributed by atoms with E-state index < -0.39 is 18.0 Å². The predicted molar refractivity (Wildman–Crippen MR) is 64.5 cm³/mol. The van der Waals surface area contributed by atoms with Gasteiger partial charge in [0.2, 0.25) is 0 Å². The van der Waals surface area contributed by atoms with Crippen LogP contribution < -0.4 is 0 Å². The molecule has 0 radical (unpaired) electrons. The van der Waals surface area contributed by atoms with E-state index >= 15 is 0 Å². The van der Waals surface area contributed by atoms with E-state index in [9.17, 15) is 9.59 Å². The standard InChI is InChI=1S/C13H15NO4/c1-4-17-13(16)9(2)12(18-10(3)15)11-6-5-7-14-8-11/h5-8,12H,2,4H2,1,3H3. The SMILES string of the molecule is C=C(C(=O)OCC)C(OC(C)=O)c1cccnc1. The number of pyridine rings is 1. The van der Waals surface area contributed by atoms with Crippen molar-refractivity contribution >= 4 is 11.9 Å². The lowest BCUT2D eigenvalue weighted by Crippen LogP contribution is -2.18. The maximum absolute atomic E-state index is 11.6. The van der Waals surface area contributed by atoms with E-state index in [2.05, 4.69) is 11.6 Å². The molecule has 0 aliphatic rings. The van der Waals surface area contributed by atoms with Gasteiger partial charge in [0.05, 0.1) is 12.2 Å². The summed E-state index contributed by atoms with van der Waals surface area (Å²) >= 11 is 0. The van der Waals surface area contributed by atoms with Gasteiger partial charge in [-0.2, -0.15) is 0 Å². The van der Waals surface area contributed by atoms with Gasteiger partial charge in [-0.15, -0.1) is 0 Å². The predicted octanol–water partition coefficient (Wildman–Crippen LogP) is 1.81. The first-order valence-electron chi connectivity index (χ1n) is 5.49. The topological polar surface area (TPSA) is 65.5 Å². The highest BCUT2D eigenvalue weighted by atomic mass is 16.6. The molecule has 0 amide bonds. The van der Waals surface area contributed by atoms with E-state index in [-0.39, 0.29) is 12.2 Å². The van der Waals surface area contributed by atoms with Crippen molar-refractivity contribution in [2.45, 2.75) is 20.0 Å². The molecular formula is C13H15NO4. The molecular weight excluding hydrogens is 234 g/mol. The average molecular weight is 249 g/mol. The Hall–Kier alpha value is -2.17. The summed E-state index contributed by atoms with van der Waals surface area (Å²) in [5.74, 6) is -1.10. The zero-order valence-corrected chi connectivity index (χ0v) is 10.4. The van der Waals surface area contributed by atoms with Crippen molar-refractivity contribution in [3.8, 4) is 0 Å². The minimum atomic E-state index is -0.866. The number of aromatic nitrogens is 1. The van der Waals surface area contributed by atoms with Gasteiger partial charge in [-0.25, -0.2) is 4.79 Å². The first kappa shape index (κ1) is 13.9. The molecule has 0 saturated heterocycles. The van der Waals surface area contributed by atoms with E-state index in [1.54, 1.807) is 25.3 Å². The second-order valence-electron chi connectivity index (χ2n) is 3.52. The van der Waals surface area contributed by atoms with E-state index in [0.717, 1.165) is 0 Å². The smallest absolute Gasteiger partial charge is 0.337 e. The van der Waals surface area contributed by atoms with Crippen LogP contribution in [0.5, 0.6) is 0 Å². The molecule has 96 valence electrons. The Morgan fingerprint density at radius 3 is 2.72 bits per heavy atom. The first-order valence-corrected chi connectivity index (χ1v) is 5.49. The lowest BCUT2D eigenvalue weighted by Gasteiger charge is -2.18. The Bertz CT molecular complexity index is 442. The highest BCUT2D eigenvalue weighted by Crippen LogP contribution is 2.25. The van der Waals surface area contributed by atoms with E-state index in [4.69, 9.17) is 9.47 Å². The molecule has 1 unspecified atom stereocenters. The van der Waals surface area contributed by atoms with Crippen LogP contribution in [0.4, 0.5) is 0 Å². The molecule has 1 heterocycles. The lowest BCUT2D eigenvalue weighted by molar-refractivity contribution is -0.147. The number of hydrogen-bond acceptors (Lipinski definition) is 5. The molecule has 1 aromatic heterocycles. The second kappa shape index (κ2) is 6.54. The molecule has 18 heavy (non-hydrogen) atoms. The second-order valence-corrected chi connectivity index (χ2v) is 3.52. The number of rotatable bonds is 5. The van der Waals surface area contributed by atoms with Gasteiger partial charge < -0.3 is 9.47 Å². The molecule has 5 nitrogen and oxygen atoms in total. The summed E-state index contributed by atoms with van der Waals surface area (Å²) in [7, 11) is 0. The minimum absolute atomic E-state index is 0.0695. The fraction of sp³-hybridized carbons (Fsp3) is 0.308. The van der Waals surface area contributed by atoms with Gasteiger partial charge in [-0.05, 0) is 13.0 Å². The molecule has 1 rings (SSSR count). The number of nitrogens with zero attached hydrogens (tertiary/aromatic N) is 1. The fourth-order valence-electron chi connectivity index (χ4n) is 1.37. The van der Waals surface area contributed by atoms with Crippen molar-refractivity contribution in [3.05, 3.63) is 42.2 Å². The molecule has 1 aromatic rings. The number of carbonyl (C=O) groups excluding carboxylic acids is 2. The summed E-state index contributed by atoms with van der Waals surface area (Å²) in [5.41, 5.74) is 0.644. The van der Waals surface area contributed by atoms with Crippen LogP contribution in [0, 0.1) is 0 Å². The maximum Gasteiger partial charge on any atom is 0.337 e. The van der Waals surface area contributed by atoms with Crippen LogP contribution in [-0.2, 0) is 19.1 Å². The normalized spacial score (nSPS) is 11.4. The monoisotopic (exact) mass is 249 g/mol. The first-order chi connectivity index (χ1) is 8.56. The zero-order chi connectivity index (χ0) is 13.5. The molecule has 5 heteroatoms. The fourth-order valence-corrected chi connectivity index (χ4v) is 1.37. The van der Waals surface area contributed by atoms with Crippen molar-refractivity contribution in [2.24, 2.45) is 0 Å². The minimum Gasteiger partial charge on any atom is -0.463 e. The quantitative estimate of drug-likeness (QED) is 0.588. The van der Waals surface area contributed by atoms with Gasteiger partial charge >= 0.3 is 11.9 Å².